The largest absolute Gasteiger partial charge is 0.326 e. The van der Waals surface area contributed by atoms with Crippen LogP contribution in [0.2, 0.25) is 0 Å². The summed E-state index contributed by atoms with van der Waals surface area (Å²) in [6.07, 6.45) is 1.55. The summed E-state index contributed by atoms with van der Waals surface area (Å²) in [5.74, 6) is 0.0695. The molecule has 1 fully saturated rings. The number of piperidine rings is 1. The molecule has 5 heteroatoms. The van der Waals surface area contributed by atoms with Crippen molar-refractivity contribution in [2.45, 2.75) is 26.7 Å². The van der Waals surface area contributed by atoms with E-state index in [1.807, 2.05) is 62.4 Å². The molecule has 0 unspecified atom stereocenters. The van der Waals surface area contributed by atoms with Crippen molar-refractivity contribution >= 4 is 23.2 Å². The Morgan fingerprint density at radius 2 is 1.70 bits per heavy atom. The summed E-state index contributed by atoms with van der Waals surface area (Å²) < 4.78 is 0. The van der Waals surface area contributed by atoms with Gasteiger partial charge < -0.3 is 10.6 Å². The molecule has 0 aromatic heterocycles. The van der Waals surface area contributed by atoms with Gasteiger partial charge in [0.05, 0.1) is 6.54 Å². The Kier molecular flexibility index (Phi) is 6.24. The van der Waals surface area contributed by atoms with E-state index in [2.05, 4.69) is 15.5 Å². The molecule has 1 aliphatic rings. The third-order valence-corrected chi connectivity index (χ3v) is 5.03. The second kappa shape index (κ2) is 8.82. The van der Waals surface area contributed by atoms with Crippen molar-refractivity contribution < 1.29 is 9.59 Å². The van der Waals surface area contributed by atoms with Crippen molar-refractivity contribution in [1.29, 1.82) is 0 Å². The van der Waals surface area contributed by atoms with Crippen LogP contribution in [0.25, 0.3) is 0 Å². The van der Waals surface area contributed by atoms with Crippen molar-refractivity contribution in [2.24, 2.45) is 5.92 Å². The number of anilines is 2. The average Bonchev–Trinajstić information content (AvgIpc) is 2.66. The van der Waals surface area contributed by atoms with E-state index in [1.165, 1.54) is 0 Å². The summed E-state index contributed by atoms with van der Waals surface area (Å²) in [6.45, 7) is 5.88. The lowest BCUT2D eigenvalue weighted by atomic mass is 9.96. The highest BCUT2D eigenvalue weighted by atomic mass is 16.2. The van der Waals surface area contributed by atoms with Gasteiger partial charge in [0, 0.05) is 17.3 Å². The standard InChI is InChI=1S/C22H27N3O2/c1-16-8-9-17(2)20(14-16)24-21(26)15-25-12-10-18(11-13-25)22(27)23-19-6-4-3-5-7-19/h3-9,14,18H,10-13,15H2,1-2H3,(H,23,27)(H,24,26). The van der Waals surface area contributed by atoms with Gasteiger partial charge in [-0.25, -0.2) is 0 Å². The van der Waals surface area contributed by atoms with E-state index in [9.17, 15) is 9.59 Å². The summed E-state index contributed by atoms with van der Waals surface area (Å²) in [7, 11) is 0. The van der Waals surface area contributed by atoms with Crippen molar-refractivity contribution in [1.82, 2.24) is 4.90 Å². The molecule has 142 valence electrons. The summed E-state index contributed by atoms with van der Waals surface area (Å²) >= 11 is 0. The molecule has 0 radical (unpaired) electrons. The molecule has 1 aliphatic heterocycles. The molecule has 2 N–H and O–H groups in total. The van der Waals surface area contributed by atoms with E-state index >= 15 is 0 Å². The molecule has 1 saturated heterocycles. The van der Waals surface area contributed by atoms with Gasteiger partial charge in [0.25, 0.3) is 0 Å². The van der Waals surface area contributed by atoms with Crippen LogP contribution in [0.3, 0.4) is 0 Å². The van der Waals surface area contributed by atoms with Gasteiger partial charge in [-0.05, 0) is 69.1 Å². The number of carbonyl (C=O) groups excluding carboxylic acids is 2. The van der Waals surface area contributed by atoms with Gasteiger partial charge in [-0.3, -0.25) is 14.5 Å². The van der Waals surface area contributed by atoms with Crippen LogP contribution in [0, 0.1) is 19.8 Å². The molecule has 27 heavy (non-hydrogen) atoms. The molecular formula is C22H27N3O2. The maximum absolute atomic E-state index is 12.4. The Hall–Kier alpha value is -2.66. The molecule has 2 amide bonds. The molecule has 2 aromatic rings. The Labute approximate surface area is 160 Å². The van der Waals surface area contributed by atoms with Crippen LogP contribution in [0.5, 0.6) is 0 Å². The van der Waals surface area contributed by atoms with Gasteiger partial charge in [-0.2, -0.15) is 0 Å². The molecule has 1 heterocycles. The minimum atomic E-state index is -0.00381. The van der Waals surface area contributed by atoms with Gasteiger partial charge in [-0.1, -0.05) is 30.3 Å². The first-order valence-corrected chi connectivity index (χ1v) is 9.46. The van der Waals surface area contributed by atoms with Crippen molar-refractivity contribution in [3.05, 3.63) is 59.7 Å². The number of carbonyl (C=O) groups is 2. The third-order valence-electron chi connectivity index (χ3n) is 5.03. The molecule has 0 bridgehead atoms. The molecular weight excluding hydrogens is 338 g/mol. The predicted octanol–water partition coefficient (Wildman–Crippen LogP) is 3.59. The summed E-state index contributed by atoms with van der Waals surface area (Å²) in [5, 5.41) is 5.98. The average molecular weight is 365 g/mol. The van der Waals surface area contributed by atoms with E-state index in [1.54, 1.807) is 0 Å². The fraction of sp³-hybridized carbons (Fsp3) is 0.364. The lowest BCUT2D eigenvalue weighted by Crippen LogP contribution is -2.41. The van der Waals surface area contributed by atoms with Crippen LogP contribution in [-0.2, 0) is 9.59 Å². The van der Waals surface area contributed by atoms with E-state index in [4.69, 9.17) is 0 Å². The SMILES string of the molecule is Cc1ccc(C)c(NC(=O)CN2CCC(C(=O)Nc3ccccc3)CC2)c1. The monoisotopic (exact) mass is 365 g/mol. The van der Waals surface area contributed by atoms with Crippen LogP contribution < -0.4 is 10.6 Å². The number of benzene rings is 2. The second-order valence-corrected chi connectivity index (χ2v) is 7.27. The van der Waals surface area contributed by atoms with Gasteiger partial charge in [-0.15, -0.1) is 0 Å². The third kappa shape index (κ3) is 5.41. The van der Waals surface area contributed by atoms with Crippen LogP contribution in [0.4, 0.5) is 11.4 Å². The van der Waals surface area contributed by atoms with Gasteiger partial charge in [0.2, 0.25) is 11.8 Å². The molecule has 5 nitrogen and oxygen atoms in total. The van der Waals surface area contributed by atoms with Crippen molar-refractivity contribution in [3.8, 4) is 0 Å². The first kappa shape index (κ1) is 19.1. The zero-order chi connectivity index (χ0) is 19.2. The lowest BCUT2D eigenvalue weighted by molar-refractivity contribution is -0.121. The molecule has 0 saturated carbocycles. The Morgan fingerprint density at radius 3 is 2.41 bits per heavy atom. The van der Waals surface area contributed by atoms with Gasteiger partial charge in [0.1, 0.15) is 0 Å². The number of nitrogens with zero attached hydrogens (tertiary/aromatic N) is 1. The number of hydrogen-bond acceptors (Lipinski definition) is 3. The van der Waals surface area contributed by atoms with Crippen molar-refractivity contribution in [2.75, 3.05) is 30.3 Å². The number of para-hydroxylation sites is 1. The maximum Gasteiger partial charge on any atom is 0.238 e. The number of amides is 2. The fourth-order valence-electron chi connectivity index (χ4n) is 3.38. The topological polar surface area (TPSA) is 61.4 Å². The zero-order valence-corrected chi connectivity index (χ0v) is 16.0. The molecule has 3 rings (SSSR count). The first-order chi connectivity index (χ1) is 13.0. The zero-order valence-electron chi connectivity index (χ0n) is 16.0. The highest BCUT2D eigenvalue weighted by Gasteiger charge is 2.26. The number of rotatable bonds is 5. The number of nitrogens with one attached hydrogen (secondary N) is 2. The maximum atomic E-state index is 12.4. The van der Waals surface area contributed by atoms with Gasteiger partial charge in [0.15, 0.2) is 0 Å². The number of hydrogen-bond donors (Lipinski definition) is 2. The normalized spacial score (nSPS) is 15.3. The number of aryl methyl sites for hydroxylation is 2. The highest BCUT2D eigenvalue weighted by Crippen LogP contribution is 2.20. The van der Waals surface area contributed by atoms with Crippen LogP contribution in [0.1, 0.15) is 24.0 Å². The predicted molar refractivity (Wildman–Crippen MR) is 109 cm³/mol. The Balaban J connectivity index is 1.45. The minimum absolute atomic E-state index is 0.00327. The smallest absolute Gasteiger partial charge is 0.238 e. The fourth-order valence-corrected chi connectivity index (χ4v) is 3.38. The lowest BCUT2D eigenvalue weighted by Gasteiger charge is -2.30. The van der Waals surface area contributed by atoms with Crippen LogP contribution in [-0.4, -0.2) is 36.3 Å². The van der Waals surface area contributed by atoms with Gasteiger partial charge >= 0.3 is 0 Å². The Bertz CT molecular complexity index is 796. The first-order valence-electron chi connectivity index (χ1n) is 9.46. The molecule has 0 atom stereocenters. The van der Waals surface area contributed by atoms with E-state index in [0.29, 0.717) is 6.54 Å². The highest BCUT2D eigenvalue weighted by molar-refractivity contribution is 5.93. The summed E-state index contributed by atoms with van der Waals surface area (Å²) in [5.41, 5.74) is 3.89. The Morgan fingerprint density at radius 1 is 1.00 bits per heavy atom. The van der Waals surface area contributed by atoms with Crippen LogP contribution >= 0.6 is 0 Å². The summed E-state index contributed by atoms with van der Waals surface area (Å²) in [6, 6.07) is 15.6. The molecule has 2 aromatic carbocycles. The van der Waals surface area contributed by atoms with E-state index in [0.717, 1.165) is 48.4 Å². The van der Waals surface area contributed by atoms with E-state index in [-0.39, 0.29) is 17.7 Å². The number of likely N-dealkylation sites (tertiary alicyclic amines) is 1. The quantitative estimate of drug-likeness (QED) is 0.851. The second-order valence-electron chi connectivity index (χ2n) is 7.27. The molecule has 0 aliphatic carbocycles. The molecule has 0 spiro atoms. The minimum Gasteiger partial charge on any atom is -0.326 e. The summed E-state index contributed by atoms with van der Waals surface area (Å²) in [4.78, 5) is 26.9. The van der Waals surface area contributed by atoms with Crippen LogP contribution in [0.15, 0.2) is 48.5 Å². The van der Waals surface area contributed by atoms with E-state index < -0.39 is 0 Å². The van der Waals surface area contributed by atoms with Crippen molar-refractivity contribution in [3.63, 3.8) is 0 Å².